The Bertz CT molecular complexity index is 1140. The number of hydrogen-bond donors (Lipinski definition) is 3. The number of imidazole rings is 1. The summed E-state index contributed by atoms with van der Waals surface area (Å²) >= 11 is 3.58. The van der Waals surface area contributed by atoms with Crippen molar-refractivity contribution < 1.29 is 9.53 Å². The van der Waals surface area contributed by atoms with Gasteiger partial charge in [-0.25, -0.2) is 15.0 Å². The van der Waals surface area contributed by atoms with Crippen LogP contribution in [-0.4, -0.2) is 39.0 Å². The SMILES string of the molecule is COc1ncccc1-c1nc2c(N[C@H]3[C@@H](C(N)=O)[C@@H]4C=C[C@H]3C4)c(Br)cnc2[nH]1. The number of carbonyl (C=O) groups excluding carboxylic acids is 1. The number of H-pyrrole nitrogens is 1. The van der Waals surface area contributed by atoms with Gasteiger partial charge in [-0.2, -0.15) is 0 Å². The number of nitrogens with two attached hydrogens (primary N) is 1. The summed E-state index contributed by atoms with van der Waals surface area (Å²) in [7, 11) is 1.57. The number of amides is 1. The highest BCUT2D eigenvalue weighted by Crippen LogP contribution is 2.46. The van der Waals surface area contributed by atoms with E-state index in [1.807, 2.05) is 12.1 Å². The number of allylic oxidation sites excluding steroid dienone is 1. The molecule has 4 N–H and O–H groups in total. The maximum absolute atomic E-state index is 12.1. The number of fused-ring (bicyclic) bond motifs is 3. The number of anilines is 1. The van der Waals surface area contributed by atoms with E-state index in [9.17, 15) is 4.79 Å². The molecule has 2 aliphatic rings. The van der Waals surface area contributed by atoms with E-state index in [4.69, 9.17) is 15.5 Å². The molecule has 0 saturated heterocycles. The van der Waals surface area contributed by atoms with E-state index < -0.39 is 0 Å². The molecule has 0 aliphatic heterocycles. The second-order valence-electron chi connectivity index (χ2n) is 7.37. The molecule has 8 nitrogen and oxygen atoms in total. The van der Waals surface area contributed by atoms with E-state index in [2.05, 4.69) is 48.4 Å². The molecule has 3 heterocycles. The number of hydrogen-bond acceptors (Lipinski definition) is 6. The van der Waals surface area contributed by atoms with E-state index in [1.54, 1.807) is 19.5 Å². The molecule has 0 spiro atoms. The van der Waals surface area contributed by atoms with E-state index in [0.717, 1.165) is 22.1 Å². The van der Waals surface area contributed by atoms with Crippen LogP contribution in [0.5, 0.6) is 5.88 Å². The average Bonchev–Trinajstić information content (AvgIpc) is 3.44. The van der Waals surface area contributed by atoms with Crippen molar-refractivity contribution in [1.82, 2.24) is 19.9 Å². The number of nitrogens with zero attached hydrogens (tertiary/aromatic N) is 3. The molecule has 2 aliphatic carbocycles. The van der Waals surface area contributed by atoms with Crippen molar-refractivity contribution in [2.45, 2.75) is 12.5 Å². The van der Waals surface area contributed by atoms with Gasteiger partial charge in [0, 0.05) is 18.4 Å². The number of aromatic amines is 1. The summed E-state index contributed by atoms with van der Waals surface area (Å²) < 4.78 is 6.13. The van der Waals surface area contributed by atoms with E-state index in [0.29, 0.717) is 22.9 Å². The van der Waals surface area contributed by atoms with Crippen molar-refractivity contribution in [2.24, 2.45) is 23.5 Å². The molecule has 1 saturated carbocycles. The lowest BCUT2D eigenvalue weighted by Crippen LogP contribution is -2.41. The third kappa shape index (κ3) is 2.88. The number of carbonyl (C=O) groups is 1. The lowest BCUT2D eigenvalue weighted by Gasteiger charge is -2.28. The number of methoxy groups -OCH3 is 1. The summed E-state index contributed by atoms with van der Waals surface area (Å²) in [6, 6.07) is 3.64. The fraction of sp³-hybridized carbons (Fsp3) is 0.300. The smallest absolute Gasteiger partial charge is 0.224 e. The van der Waals surface area contributed by atoms with Gasteiger partial charge in [0.2, 0.25) is 11.8 Å². The first-order chi connectivity index (χ1) is 14.1. The van der Waals surface area contributed by atoms with Gasteiger partial charge in [0.1, 0.15) is 11.3 Å². The van der Waals surface area contributed by atoms with Crippen molar-refractivity contribution in [1.29, 1.82) is 0 Å². The molecule has 5 rings (SSSR count). The molecule has 0 radical (unpaired) electrons. The summed E-state index contributed by atoms with van der Waals surface area (Å²) in [5.74, 6) is 1.04. The Morgan fingerprint density at radius 2 is 2.17 bits per heavy atom. The van der Waals surface area contributed by atoms with Gasteiger partial charge in [-0.1, -0.05) is 12.2 Å². The Balaban J connectivity index is 1.58. The molecule has 9 heteroatoms. The van der Waals surface area contributed by atoms with Crippen molar-refractivity contribution in [2.75, 3.05) is 12.4 Å². The molecule has 148 valence electrons. The van der Waals surface area contributed by atoms with Gasteiger partial charge < -0.3 is 20.8 Å². The van der Waals surface area contributed by atoms with Crippen LogP contribution in [0.4, 0.5) is 5.69 Å². The van der Waals surface area contributed by atoms with Crippen LogP contribution >= 0.6 is 15.9 Å². The molecule has 29 heavy (non-hydrogen) atoms. The molecule has 0 unspecified atom stereocenters. The monoisotopic (exact) mass is 454 g/mol. The second kappa shape index (κ2) is 6.84. The molecular weight excluding hydrogens is 436 g/mol. The molecular formula is C20H19BrN6O2. The summed E-state index contributed by atoms with van der Waals surface area (Å²) in [5.41, 5.74) is 8.55. The standard InChI is InChI=1S/C20H19BrN6O2/c1-29-20-11(3-2-6-23-20)18-26-16-15(12(21)8-24-19(16)27-18)25-14-10-5-4-9(7-10)13(14)17(22)28/h2-6,8-10,13-14H,7H2,1H3,(H2,22,28)(H2,24,25,26,27)/t9-,10+,13+,14-/m1/s1. The molecule has 4 atom stereocenters. The van der Waals surface area contributed by atoms with Gasteiger partial charge in [0.15, 0.2) is 5.65 Å². The predicted octanol–water partition coefficient (Wildman–Crippen LogP) is 2.88. The minimum absolute atomic E-state index is 0.0718. The lowest BCUT2D eigenvalue weighted by atomic mass is 9.88. The zero-order valence-electron chi connectivity index (χ0n) is 15.6. The van der Waals surface area contributed by atoms with Crippen LogP contribution in [0.15, 0.2) is 41.2 Å². The topological polar surface area (TPSA) is 119 Å². The summed E-state index contributed by atoms with van der Waals surface area (Å²) in [6.07, 6.45) is 8.60. The van der Waals surface area contributed by atoms with Crippen LogP contribution in [0.25, 0.3) is 22.6 Å². The molecule has 1 fully saturated rings. The number of halogens is 1. The lowest BCUT2D eigenvalue weighted by molar-refractivity contribution is -0.122. The van der Waals surface area contributed by atoms with Crippen molar-refractivity contribution in [3.05, 3.63) is 41.2 Å². The quantitative estimate of drug-likeness (QED) is 0.509. The predicted molar refractivity (Wildman–Crippen MR) is 112 cm³/mol. The zero-order chi connectivity index (χ0) is 20.1. The number of ether oxygens (including phenoxy) is 1. The van der Waals surface area contributed by atoms with Gasteiger partial charge in [0.05, 0.1) is 28.8 Å². The third-order valence-electron chi connectivity index (χ3n) is 5.79. The van der Waals surface area contributed by atoms with E-state index >= 15 is 0 Å². The van der Waals surface area contributed by atoms with Crippen molar-refractivity contribution in [3.8, 4) is 17.3 Å². The van der Waals surface area contributed by atoms with Gasteiger partial charge in [0.25, 0.3) is 0 Å². The van der Waals surface area contributed by atoms with Gasteiger partial charge in [-0.05, 0) is 46.3 Å². The Kier molecular flexibility index (Phi) is 4.27. The highest BCUT2D eigenvalue weighted by Gasteiger charge is 2.47. The van der Waals surface area contributed by atoms with Crippen LogP contribution in [0.3, 0.4) is 0 Å². The largest absolute Gasteiger partial charge is 0.480 e. The van der Waals surface area contributed by atoms with Crippen LogP contribution < -0.4 is 15.8 Å². The van der Waals surface area contributed by atoms with Crippen LogP contribution in [0, 0.1) is 17.8 Å². The average molecular weight is 455 g/mol. The Morgan fingerprint density at radius 1 is 1.34 bits per heavy atom. The fourth-order valence-corrected chi connectivity index (χ4v) is 4.91. The molecule has 3 aromatic heterocycles. The van der Waals surface area contributed by atoms with Crippen LogP contribution in [0.2, 0.25) is 0 Å². The first-order valence-electron chi connectivity index (χ1n) is 9.34. The number of rotatable bonds is 5. The van der Waals surface area contributed by atoms with Crippen LogP contribution in [0.1, 0.15) is 6.42 Å². The number of nitrogens with one attached hydrogen (secondary N) is 2. The normalized spacial score (nSPS) is 24.9. The number of aromatic nitrogens is 4. The maximum atomic E-state index is 12.1. The molecule has 0 aromatic carbocycles. The molecule has 2 bridgehead atoms. The zero-order valence-corrected chi connectivity index (χ0v) is 17.2. The maximum Gasteiger partial charge on any atom is 0.224 e. The van der Waals surface area contributed by atoms with Crippen LogP contribution in [-0.2, 0) is 4.79 Å². The Hall–Kier alpha value is -2.94. The Morgan fingerprint density at radius 3 is 2.97 bits per heavy atom. The Labute approximate surface area is 175 Å². The highest BCUT2D eigenvalue weighted by atomic mass is 79.9. The minimum atomic E-state index is -0.274. The number of pyridine rings is 2. The van der Waals surface area contributed by atoms with Gasteiger partial charge in [-0.15, -0.1) is 0 Å². The van der Waals surface area contributed by atoms with E-state index in [-0.39, 0.29) is 29.7 Å². The fourth-order valence-electron chi connectivity index (χ4n) is 4.50. The van der Waals surface area contributed by atoms with Crippen molar-refractivity contribution in [3.63, 3.8) is 0 Å². The second-order valence-corrected chi connectivity index (χ2v) is 8.22. The summed E-state index contributed by atoms with van der Waals surface area (Å²) in [6.45, 7) is 0. The first kappa shape index (κ1) is 18.1. The summed E-state index contributed by atoms with van der Waals surface area (Å²) in [5, 5.41) is 3.54. The highest BCUT2D eigenvalue weighted by molar-refractivity contribution is 9.10. The van der Waals surface area contributed by atoms with Crippen molar-refractivity contribution >= 4 is 38.7 Å². The molecule has 1 amide bonds. The van der Waals surface area contributed by atoms with Gasteiger partial charge >= 0.3 is 0 Å². The van der Waals surface area contributed by atoms with Gasteiger partial charge in [-0.3, -0.25) is 4.79 Å². The van der Waals surface area contributed by atoms with E-state index in [1.165, 1.54) is 0 Å². The molecule has 3 aromatic rings. The first-order valence-corrected chi connectivity index (χ1v) is 10.1. The summed E-state index contributed by atoms with van der Waals surface area (Å²) in [4.78, 5) is 28.8. The third-order valence-corrected chi connectivity index (χ3v) is 6.39. The number of primary amides is 1. The minimum Gasteiger partial charge on any atom is -0.480 e.